The van der Waals surface area contributed by atoms with Crippen molar-refractivity contribution in [3.8, 4) is 5.75 Å². The molecular formula is C13H13N5O. The van der Waals surface area contributed by atoms with Crippen LogP contribution < -0.4 is 10.5 Å². The van der Waals surface area contributed by atoms with Crippen molar-refractivity contribution in [2.45, 2.75) is 6.61 Å². The third kappa shape index (κ3) is 2.20. The maximum Gasteiger partial charge on any atom is 0.212 e. The van der Waals surface area contributed by atoms with Gasteiger partial charge < -0.3 is 10.5 Å². The van der Waals surface area contributed by atoms with Crippen molar-refractivity contribution in [2.75, 3.05) is 5.73 Å². The molecule has 0 spiro atoms. The van der Waals surface area contributed by atoms with Gasteiger partial charge in [0.1, 0.15) is 5.75 Å². The molecule has 19 heavy (non-hydrogen) atoms. The highest BCUT2D eigenvalue weighted by Gasteiger charge is 2.06. The first-order chi connectivity index (χ1) is 9.24. The molecule has 3 rings (SSSR count). The Balaban J connectivity index is 1.91. The van der Waals surface area contributed by atoms with Crippen molar-refractivity contribution in [2.24, 2.45) is 7.05 Å². The fraction of sp³-hybridized carbons (Fsp3) is 0.154. The SMILES string of the molecule is Cn1nnc(COc2ccc(N)c3ccccc23)n1. The number of nitrogen functional groups attached to an aromatic ring is 1. The van der Waals surface area contributed by atoms with Crippen LogP contribution in [-0.2, 0) is 13.7 Å². The van der Waals surface area contributed by atoms with E-state index in [0.29, 0.717) is 5.82 Å². The molecule has 0 amide bonds. The van der Waals surface area contributed by atoms with Crippen molar-refractivity contribution < 1.29 is 4.74 Å². The molecule has 0 unspecified atom stereocenters. The number of aromatic nitrogens is 4. The average Bonchev–Trinajstić information content (AvgIpc) is 2.84. The topological polar surface area (TPSA) is 78.8 Å². The number of benzene rings is 2. The summed E-state index contributed by atoms with van der Waals surface area (Å²) in [6.45, 7) is 0.280. The largest absolute Gasteiger partial charge is 0.485 e. The number of hydrogen-bond donors (Lipinski definition) is 1. The quantitative estimate of drug-likeness (QED) is 0.718. The van der Waals surface area contributed by atoms with Crippen LogP contribution in [0.3, 0.4) is 0 Å². The minimum absolute atomic E-state index is 0.280. The lowest BCUT2D eigenvalue weighted by molar-refractivity contribution is 0.299. The molecule has 0 fully saturated rings. The van der Waals surface area contributed by atoms with Gasteiger partial charge in [0.15, 0.2) is 6.61 Å². The maximum absolute atomic E-state index is 5.94. The average molecular weight is 255 g/mol. The summed E-state index contributed by atoms with van der Waals surface area (Å²) in [6, 6.07) is 11.5. The molecule has 0 aliphatic heterocycles. The monoisotopic (exact) mass is 255 g/mol. The van der Waals surface area contributed by atoms with Crippen LogP contribution in [0, 0.1) is 0 Å². The molecule has 2 N–H and O–H groups in total. The van der Waals surface area contributed by atoms with E-state index >= 15 is 0 Å². The second-order valence-corrected chi connectivity index (χ2v) is 4.18. The molecule has 6 nitrogen and oxygen atoms in total. The van der Waals surface area contributed by atoms with E-state index in [1.807, 2.05) is 36.4 Å². The van der Waals surface area contributed by atoms with Gasteiger partial charge in [-0.25, -0.2) is 0 Å². The Bertz CT molecular complexity index is 722. The number of tetrazole rings is 1. The second kappa shape index (κ2) is 4.56. The van der Waals surface area contributed by atoms with Gasteiger partial charge in [0.05, 0.1) is 7.05 Å². The Kier molecular flexibility index (Phi) is 2.75. The molecule has 0 saturated heterocycles. The summed E-state index contributed by atoms with van der Waals surface area (Å²) in [5, 5.41) is 13.7. The molecule has 1 heterocycles. The van der Waals surface area contributed by atoms with Crippen LogP contribution in [0.2, 0.25) is 0 Å². The Morgan fingerprint density at radius 1 is 1.16 bits per heavy atom. The Labute approximate surface area is 109 Å². The van der Waals surface area contributed by atoms with Crippen LogP contribution in [0.5, 0.6) is 5.75 Å². The summed E-state index contributed by atoms with van der Waals surface area (Å²) in [5.41, 5.74) is 6.68. The van der Waals surface area contributed by atoms with E-state index in [1.165, 1.54) is 4.80 Å². The predicted molar refractivity (Wildman–Crippen MR) is 71.5 cm³/mol. The maximum atomic E-state index is 5.94. The van der Waals surface area contributed by atoms with Crippen LogP contribution in [0.15, 0.2) is 36.4 Å². The van der Waals surface area contributed by atoms with Crippen molar-refractivity contribution >= 4 is 16.5 Å². The number of nitrogens with zero attached hydrogens (tertiary/aromatic N) is 4. The zero-order valence-corrected chi connectivity index (χ0v) is 10.4. The van der Waals surface area contributed by atoms with Crippen LogP contribution in [0.4, 0.5) is 5.69 Å². The summed E-state index contributed by atoms with van der Waals surface area (Å²) < 4.78 is 5.74. The van der Waals surface area contributed by atoms with Gasteiger partial charge in [0.25, 0.3) is 0 Å². The third-order valence-corrected chi connectivity index (χ3v) is 2.82. The fourth-order valence-electron chi connectivity index (χ4n) is 1.94. The smallest absolute Gasteiger partial charge is 0.212 e. The second-order valence-electron chi connectivity index (χ2n) is 4.18. The minimum atomic E-state index is 0.280. The summed E-state index contributed by atoms with van der Waals surface area (Å²) in [6.07, 6.45) is 0. The van der Waals surface area contributed by atoms with Crippen molar-refractivity contribution in [3.05, 3.63) is 42.2 Å². The molecule has 0 radical (unpaired) electrons. The van der Waals surface area contributed by atoms with E-state index in [4.69, 9.17) is 10.5 Å². The summed E-state index contributed by atoms with van der Waals surface area (Å²) in [7, 11) is 1.72. The van der Waals surface area contributed by atoms with Gasteiger partial charge in [0.2, 0.25) is 5.82 Å². The zero-order chi connectivity index (χ0) is 13.2. The van der Waals surface area contributed by atoms with Crippen molar-refractivity contribution in [1.29, 1.82) is 0 Å². The molecule has 6 heteroatoms. The standard InChI is InChI=1S/C13H13N5O/c1-18-16-13(15-17-18)8-19-12-7-6-11(14)9-4-2-3-5-10(9)12/h2-7H,8,14H2,1H3. The Morgan fingerprint density at radius 2 is 1.95 bits per heavy atom. The molecule has 96 valence electrons. The van der Waals surface area contributed by atoms with E-state index in [-0.39, 0.29) is 6.61 Å². The van der Waals surface area contributed by atoms with Crippen molar-refractivity contribution in [3.63, 3.8) is 0 Å². The van der Waals surface area contributed by atoms with Gasteiger partial charge in [-0.2, -0.15) is 4.80 Å². The summed E-state index contributed by atoms with van der Waals surface area (Å²) in [4.78, 5) is 1.40. The van der Waals surface area contributed by atoms with Crippen LogP contribution in [0.25, 0.3) is 10.8 Å². The van der Waals surface area contributed by atoms with Gasteiger partial charge in [0, 0.05) is 16.5 Å². The first-order valence-electron chi connectivity index (χ1n) is 5.87. The number of anilines is 1. The summed E-state index contributed by atoms with van der Waals surface area (Å²) >= 11 is 0. The lowest BCUT2D eigenvalue weighted by atomic mass is 10.1. The number of rotatable bonds is 3. The number of hydrogen-bond acceptors (Lipinski definition) is 5. The lowest BCUT2D eigenvalue weighted by Gasteiger charge is -2.09. The van der Waals surface area contributed by atoms with Gasteiger partial charge in [-0.3, -0.25) is 0 Å². The number of ether oxygens (including phenoxy) is 1. The fourth-order valence-corrected chi connectivity index (χ4v) is 1.94. The number of fused-ring (bicyclic) bond motifs is 1. The minimum Gasteiger partial charge on any atom is -0.485 e. The van der Waals surface area contributed by atoms with Crippen LogP contribution >= 0.6 is 0 Å². The van der Waals surface area contributed by atoms with Crippen LogP contribution in [0.1, 0.15) is 5.82 Å². The normalized spacial score (nSPS) is 10.8. The van der Waals surface area contributed by atoms with Crippen molar-refractivity contribution in [1.82, 2.24) is 20.2 Å². The molecular weight excluding hydrogens is 242 g/mol. The molecule has 0 atom stereocenters. The zero-order valence-electron chi connectivity index (χ0n) is 10.4. The first-order valence-corrected chi connectivity index (χ1v) is 5.87. The molecule has 2 aromatic carbocycles. The van der Waals surface area contributed by atoms with E-state index in [2.05, 4.69) is 15.4 Å². The first kappa shape index (κ1) is 11.5. The van der Waals surface area contributed by atoms with E-state index in [0.717, 1.165) is 22.2 Å². The number of nitrogens with two attached hydrogens (primary N) is 1. The van der Waals surface area contributed by atoms with Crippen LogP contribution in [-0.4, -0.2) is 20.2 Å². The van der Waals surface area contributed by atoms with Gasteiger partial charge in [-0.1, -0.05) is 24.3 Å². The van der Waals surface area contributed by atoms with Gasteiger partial charge >= 0.3 is 0 Å². The molecule has 0 aliphatic rings. The molecule has 0 saturated carbocycles. The van der Waals surface area contributed by atoms with Gasteiger partial charge in [-0.05, 0) is 17.3 Å². The highest BCUT2D eigenvalue weighted by atomic mass is 16.5. The van der Waals surface area contributed by atoms with E-state index in [1.54, 1.807) is 7.05 Å². The molecule has 0 aliphatic carbocycles. The van der Waals surface area contributed by atoms with Gasteiger partial charge in [-0.15, -0.1) is 10.2 Å². The summed E-state index contributed by atoms with van der Waals surface area (Å²) in [5.74, 6) is 1.31. The Morgan fingerprint density at radius 3 is 2.68 bits per heavy atom. The lowest BCUT2D eigenvalue weighted by Crippen LogP contribution is -2.00. The van der Waals surface area contributed by atoms with E-state index in [9.17, 15) is 0 Å². The third-order valence-electron chi connectivity index (χ3n) is 2.82. The van der Waals surface area contributed by atoms with E-state index < -0.39 is 0 Å². The predicted octanol–water partition coefficient (Wildman–Crippen LogP) is 1.52. The highest BCUT2D eigenvalue weighted by Crippen LogP contribution is 2.30. The molecule has 3 aromatic rings. The highest BCUT2D eigenvalue weighted by molar-refractivity contribution is 5.96. The molecule has 1 aromatic heterocycles. The molecule has 0 bridgehead atoms. The Hall–Kier alpha value is -2.63. The number of aryl methyl sites for hydroxylation is 1.